The molecule has 96 valence electrons. The third-order valence-electron chi connectivity index (χ3n) is 3.88. The zero-order chi connectivity index (χ0) is 12.7. The quantitative estimate of drug-likeness (QED) is 0.604. The summed E-state index contributed by atoms with van der Waals surface area (Å²) in [5, 5.41) is 0. The van der Waals surface area contributed by atoms with Crippen LogP contribution in [0.5, 0.6) is 0 Å². The third-order valence-corrected chi connectivity index (χ3v) is 7.84. The first-order valence-electron chi connectivity index (χ1n) is 6.63. The molecule has 2 aromatic rings. The summed E-state index contributed by atoms with van der Waals surface area (Å²) < 4.78 is 0. The highest BCUT2D eigenvalue weighted by Crippen LogP contribution is 2.48. The van der Waals surface area contributed by atoms with Gasteiger partial charge in [0.05, 0.1) is 0 Å². The Balaban J connectivity index is 1.91. The molecule has 0 amide bonds. The van der Waals surface area contributed by atoms with Gasteiger partial charge in [-0.15, -0.1) is 0 Å². The smallest absolute Gasteiger partial charge is 0.0226 e. The highest BCUT2D eigenvalue weighted by Gasteiger charge is 2.14. The van der Waals surface area contributed by atoms with Crippen LogP contribution in [0.25, 0.3) is 0 Å². The van der Waals surface area contributed by atoms with Gasteiger partial charge in [-0.25, -0.2) is 0 Å². The van der Waals surface area contributed by atoms with Crippen LogP contribution < -0.4 is 0 Å². The molecular formula is C16H14S3. The molecule has 0 unspecified atom stereocenters. The lowest BCUT2D eigenvalue weighted by Crippen LogP contribution is -2.00. The first-order chi connectivity index (χ1) is 9.38. The van der Waals surface area contributed by atoms with Gasteiger partial charge in [-0.2, -0.15) is 0 Å². The van der Waals surface area contributed by atoms with Crippen molar-refractivity contribution < 1.29 is 0 Å². The van der Waals surface area contributed by atoms with Crippen LogP contribution >= 0.6 is 31.4 Å². The second kappa shape index (κ2) is 5.12. The summed E-state index contributed by atoms with van der Waals surface area (Å²) in [4.78, 5) is 2.95. The van der Waals surface area contributed by atoms with Crippen LogP contribution in [-0.2, 0) is 25.7 Å². The number of fused-ring (bicyclic) bond motifs is 4. The average molecular weight is 302 g/mol. The number of hydrogen-bond acceptors (Lipinski definition) is 3. The minimum Gasteiger partial charge on any atom is -0.0587 e. The van der Waals surface area contributed by atoms with Gasteiger partial charge in [-0.3, -0.25) is 0 Å². The molecule has 0 aromatic heterocycles. The lowest BCUT2D eigenvalue weighted by atomic mass is 9.96. The number of rotatable bonds is 0. The monoisotopic (exact) mass is 302 g/mol. The number of aryl methyl sites for hydroxylation is 4. The van der Waals surface area contributed by atoms with Crippen molar-refractivity contribution in [2.45, 2.75) is 35.5 Å². The Bertz CT molecular complexity index is 578. The maximum absolute atomic E-state index is 2.41. The first kappa shape index (κ1) is 12.2. The highest BCUT2D eigenvalue weighted by molar-refractivity contribution is 9.09. The molecule has 0 spiro atoms. The Morgan fingerprint density at radius 3 is 1.68 bits per heavy atom. The summed E-state index contributed by atoms with van der Waals surface area (Å²) in [6.45, 7) is 0. The molecule has 0 saturated heterocycles. The Kier molecular flexibility index (Phi) is 3.30. The first-order valence-corrected chi connectivity index (χ1v) is 10.1. The molecule has 0 atom stereocenters. The predicted molar refractivity (Wildman–Crippen MR) is 87.0 cm³/mol. The second-order valence-electron chi connectivity index (χ2n) is 5.12. The van der Waals surface area contributed by atoms with Crippen LogP contribution in [0.1, 0.15) is 22.3 Å². The third kappa shape index (κ3) is 2.44. The van der Waals surface area contributed by atoms with Gasteiger partial charge in [0, 0.05) is 9.79 Å². The van der Waals surface area contributed by atoms with E-state index in [2.05, 4.69) is 36.4 Å². The Morgan fingerprint density at radius 2 is 1.16 bits per heavy atom. The van der Waals surface area contributed by atoms with Gasteiger partial charge in [0.1, 0.15) is 0 Å². The van der Waals surface area contributed by atoms with Gasteiger partial charge in [-0.05, 0) is 91.5 Å². The van der Waals surface area contributed by atoms with E-state index in [4.69, 9.17) is 0 Å². The highest BCUT2D eigenvalue weighted by atomic mass is 33.5. The molecule has 4 rings (SSSR count). The maximum atomic E-state index is 2.41. The van der Waals surface area contributed by atoms with Crippen LogP contribution in [0.15, 0.2) is 46.2 Å². The van der Waals surface area contributed by atoms with E-state index >= 15 is 0 Å². The average Bonchev–Trinajstić information content (AvgIpc) is 2.49. The molecule has 4 bridgehead atoms. The van der Waals surface area contributed by atoms with E-state index in [-0.39, 0.29) is 0 Å². The van der Waals surface area contributed by atoms with Crippen molar-refractivity contribution in [3.63, 3.8) is 0 Å². The fourth-order valence-corrected chi connectivity index (χ4v) is 6.96. The Hall–Kier alpha value is -0.510. The molecule has 3 heteroatoms. The van der Waals surface area contributed by atoms with Crippen LogP contribution in [0.2, 0.25) is 0 Å². The van der Waals surface area contributed by atoms with Crippen molar-refractivity contribution >= 4 is 31.4 Å². The molecular weight excluding hydrogens is 288 g/mol. The van der Waals surface area contributed by atoms with Crippen molar-refractivity contribution in [3.05, 3.63) is 58.7 Å². The van der Waals surface area contributed by atoms with Crippen molar-refractivity contribution in [3.8, 4) is 0 Å². The van der Waals surface area contributed by atoms with E-state index in [1.807, 2.05) is 31.4 Å². The SMILES string of the molecule is c1cc2c3cc1CCc1ccc(c(c1)SSS3)CC2. The van der Waals surface area contributed by atoms with Crippen LogP contribution in [0.3, 0.4) is 0 Å². The minimum atomic E-state index is 1.15. The lowest BCUT2D eigenvalue weighted by molar-refractivity contribution is 0.882. The molecule has 2 aliphatic rings. The van der Waals surface area contributed by atoms with E-state index in [1.54, 1.807) is 0 Å². The van der Waals surface area contributed by atoms with Crippen molar-refractivity contribution in [2.24, 2.45) is 0 Å². The largest absolute Gasteiger partial charge is 0.0587 e. The second-order valence-corrected chi connectivity index (χ2v) is 9.10. The van der Waals surface area contributed by atoms with E-state index < -0.39 is 0 Å². The molecule has 2 aromatic carbocycles. The summed E-state index contributed by atoms with van der Waals surface area (Å²) in [5.74, 6) is 0. The zero-order valence-electron chi connectivity index (χ0n) is 10.5. The fraction of sp³-hybridized carbons (Fsp3) is 0.250. The molecule has 0 N–H and O–H groups in total. The van der Waals surface area contributed by atoms with E-state index in [1.165, 1.54) is 32.0 Å². The molecule has 0 saturated carbocycles. The summed E-state index contributed by atoms with van der Waals surface area (Å²) in [5.41, 5.74) is 5.98. The Labute approximate surface area is 125 Å². The molecule has 19 heavy (non-hydrogen) atoms. The lowest BCUT2D eigenvalue weighted by Gasteiger charge is -2.12. The number of benzene rings is 2. The molecule has 0 radical (unpaired) electrons. The fourth-order valence-electron chi connectivity index (χ4n) is 2.73. The minimum absolute atomic E-state index is 1.15. The van der Waals surface area contributed by atoms with Gasteiger partial charge in [0.15, 0.2) is 0 Å². The Morgan fingerprint density at radius 1 is 0.632 bits per heavy atom. The topological polar surface area (TPSA) is 0 Å². The summed E-state index contributed by atoms with van der Waals surface area (Å²) >= 11 is 0. The van der Waals surface area contributed by atoms with Crippen LogP contribution in [0.4, 0.5) is 0 Å². The van der Waals surface area contributed by atoms with E-state index in [0.717, 1.165) is 25.7 Å². The zero-order valence-corrected chi connectivity index (χ0v) is 13.0. The van der Waals surface area contributed by atoms with Gasteiger partial charge >= 0.3 is 0 Å². The molecule has 0 nitrogen and oxygen atoms in total. The standard InChI is InChI=1S/C16H14S3/c1-2-12-4-6-14-8-7-13-5-3-11(1)9-15(13)17-19-18-16(14)10-12/h3-6,9-10H,1-2,7-8H2. The molecule has 2 aliphatic heterocycles. The summed E-state index contributed by atoms with van der Waals surface area (Å²) in [7, 11) is 5.77. The predicted octanol–water partition coefficient (Wildman–Crippen LogP) is 5.33. The van der Waals surface area contributed by atoms with Gasteiger partial charge in [0.2, 0.25) is 0 Å². The van der Waals surface area contributed by atoms with Crippen molar-refractivity contribution in [1.29, 1.82) is 0 Å². The van der Waals surface area contributed by atoms with Gasteiger partial charge < -0.3 is 0 Å². The van der Waals surface area contributed by atoms with E-state index in [0.29, 0.717) is 0 Å². The van der Waals surface area contributed by atoms with Crippen LogP contribution in [-0.4, -0.2) is 0 Å². The van der Waals surface area contributed by atoms with Gasteiger partial charge in [-0.1, -0.05) is 24.3 Å². The van der Waals surface area contributed by atoms with Crippen molar-refractivity contribution in [2.75, 3.05) is 0 Å². The maximum Gasteiger partial charge on any atom is 0.0226 e. The molecule has 2 heterocycles. The van der Waals surface area contributed by atoms with Crippen LogP contribution in [0, 0.1) is 0 Å². The van der Waals surface area contributed by atoms with Gasteiger partial charge in [0.25, 0.3) is 0 Å². The summed E-state index contributed by atoms with van der Waals surface area (Å²) in [6, 6.07) is 14.2. The van der Waals surface area contributed by atoms with E-state index in [9.17, 15) is 0 Å². The molecule has 0 fully saturated rings. The number of hydrogen-bond donors (Lipinski definition) is 0. The summed E-state index contributed by atoms with van der Waals surface area (Å²) in [6.07, 6.45) is 4.64. The van der Waals surface area contributed by atoms with Crippen molar-refractivity contribution in [1.82, 2.24) is 0 Å². The normalized spacial score (nSPS) is 17.1. The molecule has 0 aliphatic carbocycles.